The fourth-order valence-electron chi connectivity index (χ4n) is 3.13. The Labute approximate surface area is 115 Å². The standard InChI is InChI=1S/C16H23NO2/c1-3-14(13-8-6-7-12(2)11-13)17-10-5-4-9-15(17)16(18)19/h6-8,11,14-15H,3-5,9-10H2,1-2H3,(H,18,19). The second-order valence-electron chi connectivity index (χ2n) is 5.43. The van der Waals surface area contributed by atoms with E-state index in [1.165, 1.54) is 11.1 Å². The summed E-state index contributed by atoms with van der Waals surface area (Å²) in [7, 11) is 0. The summed E-state index contributed by atoms with van der Waals surface area (Å²) in [4.78, 5) is 13.6. The zero-order chi connectivity index (χ0) is 13.8. The second-order valence-corrected chi connectivity index (χ2v) is 5.43. The zero-order valence-electron chi connectivity index (χ0n) is 11.8. The van der Waals surface area contributed by atoms with Crippen LogP contribution in [0.5, 0.6) is 0 Å². The molecule has 2 unspecified atom stereocenters. The molecule has 1 aromatic carbocycles. The minimum atomic E-state index is -0.675. The minimum absolute atomic E-state index is 0.223. The Morgan fingerprint density at radius 2 is 2.26 bits per heavy atom. The van der Waals surface area contributed by atoms with Gasteiger partial charge in [0.15, 0.2) is 0 Å². The summed E-state index contributed by atoms with van der Waals surface area (Å²) in [5, 5.41) is 9.41. The first kappa shape index (κ1) is 14.1. The van der Waals surface area contributed by atoms with E-state index in [0.29, 0.717) is 0 Å². The molecule has 1 saturated heterocycles. The molecule has 2 atom stereocenters. The molecule has 1 N–H and O–H groups in total. The lowest BCUT2D eigenvalue weighted by molar-refractivity contribution is -0.146. The molecule has 3 heteroatoms. The Hall–Kier alpha value is -1.35. The normalized spacial score (nSPS) is 22.1. The molecule has 1 aliphatic rings. The molecule has 1 aromatic rings. The van der Waals surface area contributed by atoms with Crippen molar-refractivity contribution in [3.63, 3.8) is 0 Å². The number of aliphatic carboxylic acids is 1. The predicted molar refractivity (Wildman–Crippen MR) is 76.2 cm³/mol. The molecule has 0 spiro atoms. The largest absolute Gasteiger partial charge is 0.480 e. The number of rotatable bonds is 4. The lowest BCUT2D eigenvalue weighted by Crippen LogP contribution is -2.46. The van der Waals surface area contributed by atoms with E-state index in [2.05, 4.69) is 43.0 Å². The number of hydrogen-bond donors (Lipinski definition) is 1. The fourth-order valence-corrected chi connectivity index (χ4v) is 3.13. The summed E-state index contributed by atoms with van der Waals surface area (Å²) in [5.74, 6) is -0.675. The van der Waals surface area contributed by atoms with Crippen molar-refractivity contribution in [2.24, 2.45) is 0 Å². The average Bonchev–Trinajstić information content (AvgIpc) is 2.40. The Morgan fingerprint density at radius 1 is 1.47 bits per heavy atom. The summed E-state index contributed by atoms with van der Waals surface area (Å²) in [6.45, 7) is 5.12. The van der Waals surface area contributed by atoms with Crippen LogP contribution in [0.4, 0.5) is 0 Å². The van der Waals surface area contributed by atoms with Gasteiger partial charge in [-0.05, 0) is 38.3 Å². The highest BCUT2D eigenvalue weighted by molar-refractivity contribution is 5.73. The van der Waals surface area contributed by atoms with E-state index in [4.69, 9.17) is 0 Å². The van der Waals surface area contributed by atoms with Crippen molar-refractivity contribution in [1.82, 2.24) is 4.90 Å². The fraction of sp³-hybridized carbons (Fsp3) is 0.562. The quantitative estimate of drug-likeness (QED) is 0.903. The predicted octanol–water partition coefficient (Wildman–Crippen LogP) is 3.39. The number of piperidine rings is 1. The van der Waals surface area contributed by atoms with Gasteiger partial charge < -0.3 is 5.11 Å². The van der Waals surface area contributed by atoms with Crippen molar-refractivity contribution in [2.45, 2.75) is 51.6 Å². The van der Waals surface area contributed by atoms with Crippen LogP contribution >= 0.6 is 0 Å². The van der Waals surface area contributed by atoms with Gasteiger partial charge in [-0.3, -0.25) is 9.69 Å². The first-order valence-electron chi connectivity index (χ1n) is 7.18. The maximum atomic E-state index is 11.4. The molecular weight excluding hydrogens is 238 g/mol. The number of carboxylic acid groups (broad SMARTS) is 1. The third-order valence-corrected chi connectivity index (χ3v) is 4.04. The van der Waals surface area contributed by atoms with E-state index in [9.17, 15) is 9.90 Å². The van der Waals surface area contributed by atoms with Crippen molar-refractivity contribution in [3.8, 4) is 0 Å². The number of nitrogens with zero attached hydrogens (tertiary/aromatic N) is 1. The minimum Gasteiger partial charge on any atom is -0.480 e. The topological polar surface area (TPSA) is 40.5 Å². The number of aryl methyl sites for hydroxylation is 1. The van der Waals surface area contributed by atoms with Gasteiger partial charge in [-0.15, -0.1) is 0 Å². The van der Waals surface area contributed by atoms with Gasteiger partial charge in [-0.1, -0.05) is 43.2 Å². The van der Waals surface area contributed by atoms with Crippen LogP contribution in [0.3, 0.4) is 0 Å². The summed E-state index contributed by atoms with van der Waals surface area (Å²) in [6.07, 6.45) is 3.86. The molecule has 2 rings (SSSR count). The van der Waals surface area contributed by atoms with E-state index < -0.39 is 5.97 Å². The maximum absolute atomic E-state index is 11.4. The van der Waals surface area contributed by atoms with E-state index in [1.54, 1.807) is 0 Å². The molecule has 0 amide bonds. The Morgan fingerprint density at radius 3 is 2.89 bits per heavy atom. The monoisotopic (exact) mass is 261 g/mol. The van der Waals surface area contributed by atoms with Crippen LogP contribution < -0.4 is 0 Å². The number of hydrogen-bond acceptors (Lipinski definition) is 2. The summed E-state index contributed by atoms with van der Waals surface area (Å²) >= 11 is 0. The number of benzene rings is 1. The highest BCUT2D eigenvalue weighted by Gasteiger charge is 2.33. The second kappa shape index (κ2) is 6.20. The number of carboxylic acids is 1. The molecule has 0 aliphatic carbocycles. The van der Waals surface area contributed by atoms with E-state index in [-0.39, 0.29) is 12.1 Å². The van der Waals surface area contributed by atoms with Crippen LogP contribution in [0.25, 0.3) is 0 Å². The van der Waals surface area contributed by atoms with Gasteiger partial charge in [0.05, 0.1) is 0 Å². The van der Waals surface area contributed by atoms with E-state index in [0.717, 1.165) is 32.2 Å². The average molecular weight is 261 g/mol. The van der Waals surface area contributed by atoms with E-state index in [1.807, 2.05) is 0 Å². The Kier molecular flexibility index (Phi) is 4.59. The molecule has 1 fully saturated rings. The molecule has 19 heavy (non-hydrogen) atoms. The third-order valence-electron chi connectivity index (χ3n) is 4.04. The highest BCUT2D eigenvalue weighted by atomic mass is 16.4. The van der Waals surface area contributed by atoms with Crippen molar-refractivity contribution in [1.29, 1.82) is 0 Å². The maximum Gasteiger partial charge on any atom is 0.320 e. The van der Waals surface area contributed by atoms with Gasteiger partial charge in [0, 0.05) is 6.04 Å². The third kappa shape index (κ3) is 3.16. The van der Waals surface area contributed by atoms with Gasteiger partial charge in [0.2, 0.25) is 0 Å². The highest BCUT2D eigenvalue weighted by Crippen LogP contribution is 2.31. The summed E-state index contributed by atoms with van der Waals surface area (Å²) in [5.41, 5.74) is 2.48. The molecule has 3 nitrogen and oxygen atoms in total. The zero-order valence-corrected chi connectivity index (χ0v) is 11.8. The van der Waals surface area contributed by atoms with Gasteiger partial charge >= 0.3 is 5.97 Å². The SMILES string of the molecule is CCC(c1cccc(C)c1)N1CCCCC1C(=O)O. The number of carbonyl (C=O) groups is 1. The molecule has 0 saturated carbocycles. The Balaban J connectivity index is 2.26. The molecule has 0 radical (unpaired) electrons. The smallest absolute Gasteiger partial charge is 0.320 e. The number of likely N-dealkylation sites (tertiary alicyclic amines) is 1. The lowest BCUT2D eigenvalue weighted by Gasteiger charge is -2.39. The van der Waals surface area contributed by atoms with Crippen LogP contribution in [0.2, 0.25) is 0 Å². The molecule has 1 aliphatic heterocycles. The van der Waals surface area contributed by atoms with Gasteiger partial charge in [0.25, 0.3) is 0 Å². The van der Waals surface area contributed by atoms with Crippen molar-refractivity contribution >= 4 is 5.97 Å². The first-order chi connectivity index (χ1) is 9.13. The van der Waals surface area contributed by atoms with Crippen LogP contribution in [0, 0.1) is 6.92 Å². The lowest BCUT2D eigenvalue weighted by atomic mass is 9.94. The van der Waals surface area contributed by atoms with Crippen LogP contribution in [0.15, 0.2) is 24.3 Å². The van der Waals surface area contributed by atoms with Crippen molar-refractivity contribution in [3.05, 3.63) is 35.4 Å². The summed E-state index contributed by atoms with van der Waals surface area (Å²) in [6, 6.07) is 8.35. The van der Waals surface area contributed by atoms with Crippen LogP contribution in [-0.4, -0.2) is 28.6 Å². The van der Waals surface area contributed by atoms with Gasteiger partial charge in [-0.25, -0.2) is 0 Å². The van der Waals surface area contributed by atoms with E-state index >= 15 is 0 Å². The molecular formula is C16H23NO2. The molecule has 104 valence electrons. The molecule has 0 bridgehead atoms. The molecule has 0 aromatic heterocycles. The van der Waals surface area contributed by atoms with Gasteiger partial charge in [0.1, 0.15) is 6.04 Å². The van der Waals surface area contributed by atoms with Gasteiger partial charge in [-0.2, -0.15) is 0 Å². The molecule has 1 heterocycles. The van der Waals surface area contributed by atoms with Crippen molar-refractivity contribution in [2.75, 3.05) is 6.54 Å². The Bertz CT molecular complexity index is 444. The van der Waals surface area contributed by atoms with Crippen LogP contribution in [-0.2, 0) is 4.79 Å². The van der Waals surface area contributed by atoms with Crippen molar-refractivity contribution < 1.29 is 9.90 Å². The van der Waals surface area contributed by atoms with Crippen LogP contribution in [0.1, 0.15) is 49.8 Å². The first-order valence-corrected chi connectivity index (χ1v) is 7.18. The summed E-state index contributed by atoms with van der Waals surface area (Å²) < 4.78 is 0.